The Morgan fingerprint density at radius 1 is 1.11 bits per heavy atom. The summed E-state index contributed by atoms with van der Waals surface area (Å²) < 4.78 is 5.23. The molecule has 0 bridgehead atoms. The molecule has 4 heteroatoms. The van der Waals surface area contributed by atoms with Crippen LogP contribution in [-0.2, 0) is 4.74 Å². The van der Waals surface area contributed by atoms with Crippen LogP contribution in [0.15, 0.2) is 11.1 Å². The molecule has 0 aromatic heterocycles. The summed E-state index contributed by atoms with van der Waals surface area (Å²) in [6.45, 7) is 6.51. The number of fused-ring (bicyclic) bond motifs is 1. The number of rotatable bonds is 0. The van der Waals surface area contributed by atoms with E-state index in [1.807, 2.05) is 6.92 Å². The third-order valence-corrected chi connectivity index (χ3v) is 5.29. The van der Waals surface area contributed by atoms with Crippen LogP contribution in [0.1, 0.15) is 40.0 Å². The first-order valence-electron chi connectivity index (χ1n) is 7.13. The Kier molecular flexibility index (Phi) is 2.88. The van der Waals surface area contributed by atoms with Gasteiger partial charge in [0, 0.05) is 6.42 Å². The van der Waals surface area contributed by atoms with Crippen LogP contribution in [-0.4, -0.2) is 39.9 Å². The lowest BCUT2D eigenvalue weighted by Gasteiger charge is -2.34. The lowest BCUT2D eigenvalue weighted by molar-refractivity contribution is -0.0742. The summed E-state index contributed by atoms with van der Waals surface area (Å²) in [5, 5.41) is 31.3. The summed E-state index contributed by atoms with van der Waals surface area (Å²) in [5.41, 5.74) is 0.768. The highest BCUT2D eigenvalue weighted by atomic mass is 16.6. The second-order valence-electron chi connectivity index (χ2n) is 7.54. The van der Waals surface area contributed by atoms with Crippen molar-refractivity contribution in [2.45, 2.75) is 58.0 Å². The van der Waals surface area contributed by atoms with Gasteiger partial charge >= 0.3 is 0 Å². The molecule has 0 spiro atoms. The molecule has 3 N–H and O–H groups in total. The second-order valence-corrected chi connectivity index (χ2v) is 7.54. The number of hydrogen-bond donors (Lipinski definition) is 3. The average Bonchev–Trinajstić information content (AvgIpc) is 2.78. The van der Waals surface area contributed by atoms with Gasteiger partial charge in [-0.3, -0.25) is 0 Å². The van der Waals surface area contributed by atoms with E-state index >= 15 is 0 Å². The molecule has 0 aromatic rings. The fourth-order valence-corrected chi connectivity index (χ4v) is 4.39. The molecule has 1 fully saturated rings. The zero-order valence-electron chi connectivity index (χ0n) is 11.9. The summed E-state index contributed by atoms with van der Waals surface area (Å²) >= 11 is 0. The van der Waals surface area contributed by atoms with Crippen LogP contribution < -0.4 is 0 Å². The van der Waals surface area contributed by atoms with Gasteiger partial charge in [-0.25, -0.2) is 0 Å². The maximum Gasteiger partial charge on any atom is 0.178 e. The van der Waals surface area contributed by atoms with E-state index in [0.29, 0.717) is 12.0 Å². The van der Waals surface area contributed by atoms with Gasteiger partial charge in [-0.05, 0) is 48.2 Å². The van der Waals surface area contributed by atoms with Crippen molar-refractivity contribution in [1.82, 2.24) is 0 Å². The molecule has 2 aliphatic carbocycles. The van der Waals surface area contributed by atoms with Crippen LogP contribution in [0.4, 0.5) is 0 Å². The SMILES string of the molecule is CC1(C)C[C@H]2[C@H](O)C3=C(C[C@](C)(O)[C@H]2C1)[C@@H](O)OC3. The van der Waals surface area contributed by atoms with E-state index < -0.39 is 18.0 Å². The minimum absolute atomic E-state index is 0.0615. The van der Waals surface area contributed by atoms with Crippen molar-refractivity contribution < 1.29 is 20.1 Å². The Bertz CT molecular complexity index is 424. The molecule has 0 unspecified atom stereocenters. The Morgan fingerprint density at radius 2 is 1.79 bits per heavy atom. The monoisotopic (exact) mass is 268 g/mol. The maximum atomic E-state index is 10.8. The van der Waals surface area contributed by atoms with Crippen LogP contribution in [0.5, 0.6) is 0 Å². The predicted molar refractivity (Wildman–Crippen MR) is 70.2 cm³/mol. The zero-order chi connectivity index (χ0) is 14.0. The molecular weight excluding hydrogens is 244 g/mol. The van der Waals surface area contributed by atoms with Gasteiger partial charge in [-0.2, -0.15) is 0 Å². The maximum absolute atomic E-state index is 10.8. The molecule has 5 atom stereocenters. The second kappa shape index (κ2) is 4.04. The molecule has 108 valence electrons. The number of hydrogen-bond acceptors (Lipinski definition) is 4. The van der Waals surface area contributed by atoms with E-state index in [-0.39, 0.29) is 23.9 Å². The zero-order valence-corrected chi connectivity index (χ0v) is 11.9. The highest BCUT2D eigenvalue weighted by Crippen LogP contribution is 2.55. The molecule has 0 saturated heterocycles. The van der Waals surface area contributed by atoms with Crippen molar-refractivity contribution in [3.63, 3.8) is 0 Å². The molecule has 1 saturated carbocycles. The molecule has 0 amide bonds. The number of aliphatic hydroxyl groups is 3. The van der Waals surface area contributed by atoms with Crippen LogP contribution in [0.3, 0.4) is 0 Å². The van der Waals surface area contributed by atoms with Crippen molar-refractivity contribution >= 4 is 0 Å². The highest BCUT2D eigenvalue weighted by Gasteiger charge is 2.54. The minimum atomic E-state index is -0.956. The molecule has 3 rings (SSSR count). The van der Waals surface area contributed by atoms with Gasteiger partial charge in [0.05, 0.1) is 18.3 Å². The lowest BCUT2D eigenvalue weighted by Crippen LogP contribution is -2.39. The van der Waals surface area contributed by atoms with Crippen molar-refractivity contribution in [3.05, 3.63) is 11.1 Å². The van der Waals surface area contributed by atoms with E-state index in [1.54, 1.807) is 0 Å². The molecule has 19 heavy (non-hydrogen) atoms. The van der Waals surface area contributed by atoms with E-state index in [9.17, 15) is 15.3 Å². The smallest absolute Gasteiger partial charge is 0.178 e. The third kappa shape index (κ3) is 2.05. The first kappa shape index (κ1) is 13.6. The molecule has 1 heterocycles. The van der Waals surface area contributed by atoms with Crippen LogP contribution >= 0.6 is 0 Å². The first-order valence-corrected chi connectivity index (χ1v) is 7.13. The lowest BCUT2D eigenvalue weighted by atomic mass is 9.78. The molecule has 1 aliphatic heterocycles. The molecule has 3 aliphatic rings. The summed E-state index contributed by atoms with van der Waals surface area (Å²) in [6.07, 6.45) is 0.676. The van der Waals surface area contributed by atoms with Gasteiger partial charge in [0.15, 0.2) is 6.29 Å². The van der Waals surface area contributed by atoms with Crippen LogP contribution in [0.25, 0.3) is 0 Å². The Morgan fingerprint density at radius 3 is 2.47 bits per heavy atom. The molecule has 0 aromatic carbocycles. The van der Waals surface area contributed by atoms with Crippen molar-refractivity contribution in [2.75, 3.05) is 6.61 Å². The quantitative estimate of drug-likeness (QED) is 0.577. The van der Waals surface area contributed by atoms with Crippen LogP contribution in [0, 0.1) is 17.3 Å². The number of ether oxygens (including phenoxy) is 1. The van der Waals surface area contributed by atoms with Gasteiger partial charge in [0.2, 0.25) is 0 Å². The fourth-order valence-electron chi connectivity index (χ4n) is 4.39. The summed E-state index contributed by atoms with van der Waals surface area (Å²) in [6, 6.07) is 0. The van der Waals surface area contributed by atoms with Gasteiger partial charge in [0.1, 0.15) is 0 Å². The average molecular weight is 268 g/mol. The Labute approximate surface area is 114 Å². The van der Waals surface area contributed by atoms with Gasteiger partial charge in [-0.15, -0.1) is 0 Å². The summed E-state index contributed by atoms with van der Waals surface area (Å²) in [4.78, 5) is 0. The van der Waals surface area contributed by atoms with E-state index in [1.165, 1.54) is 0 Å². The third-order valence-electron chi connectivity index (χ3n) is 5.29. The summed E-state index contributed by atoms with van der Waals surface area (Å²) in [5.74, 6) is 0.140. The summed E-state index contributed by atoms with van der Waals surface area (Å²) in [7, 11) is 0. The molecular formula is C15H24O4. The van der Waals surface area contributed by atoms with Crippen molar-refractivity contribution in [2.24, 2.45) is 17.3 Å². The molecule has 4 nitrogen and oxygen atoms in total. The standard InChI is InChI=1S/C15H24O4/c1-14(2)4-9-11(6-14)15(3,18)5-8-10(12(9)16)7-19-13(8)17/h9,11-13,16-18H,4-7H2,1-3H3/t9-,11+,12+,13+,15+/m1/s1. The number of aliphatic hydroxyl groups excluding tert-OH is 2. The van der Waals surface area contributed by atoms with Crippen LogP contribution in [0.2, 0.25) is 0 Å². The van der Waals surface area contributed by atoms with Crippen molar-refractivity contribution in [3.8, 4) is 0 Å². The van der Waals surface area contributed by atoms with E-state index in [2.05, 4.69) is 13.8 Å². The largest absolute Gasteiger partial charge is 0.390 e. The Hall–Kier alpha value is -0.420. The van der Waals surface area contributed by atoms with E-state index in [4.69, 9.17) is 4.74 Å². The van der Waals surface area contributed by atoms with Gasteiger partial charge in [0.25, 0.3) is 0 Å². The minimum Gasteiger partial charge on any atom is -0.390 e. The normalized spacial score (nSPS) is 48.9. The van der Waals surface area contributed by atoms with Gasteiger partial charge < -0.3 is 20.1 Å². The fraction of sp³-hybridized carbons (Fsp3) is 0.867. The Balaban J connectivity index is 2.01. The molecule has 0 radical (unpaired) electrons. The highest BCUT2D eigenvalue weighted by molar-refractivity contribution is 5.30. The van der Waals surface area contributed by atoms with Gasteiger partial charge in [-0.1, -0.05) is 13.8 Å². The topological polar surface area (TPSA) is 69.9 Å². The first-order chi connectivity index (χ1) is 8.71. The predicted octanol–water partition coefficient (Wildman–Crippen LogP) is 1.20. The van der Waals surface area contributed by atoms with Crippen molar-refractivity contribution in [1.29, 1.82) is 0 Å². The van der Waals surface area contributed by atoms with E-state index in [0.717, 1.165) is 18.4 Å².